The Bertz CT molecular complexity index is 772. The number of carbonyl (C=O) groups excluding carboxylic acids is 1. The Kier molecular flexibility index (Phi) is 5.24. The number of carbonyl (C=O) groups is 2. The zero-order valence-corrected chi connectivity index (χ0v) is 13.7. The third kappa shape index (κ3) is 3.93. The minimum atomic E-state index is -0.993. The van der Waals surface area contributed by atoms with Gasteiger partial charge in [0.25, 0.3) is 11.6 Å². The fourth-order valence-electron chi connectivity index (χ4n) is 1.86. The van der Waals surface area contributed by atoms with Crippen LogP contribution in [-0.2, 0) is 4.79 Å². The Hall–Kier alpha value is -2.81. The summed E-state index contributed by atoms with van der Waals surface area (Å²) in [7, 11) is 0. The lowest BCUT2D eigenvalue weighted by Crippen LogP contribution is -2.40. The van der Waals surface area contributed by atoms with E-state index in [1.165, 1.54) is 30.4 Å². The van der Waals surface area contributed by atoms with E-state index >= 15 is 0 Å². The second-order valence-corrected chi connectivity index (χ2v) is 6.09. The molecule has 126 valence electrons. The number of hydrogen-bond acceptors (Lipinski definition) is 6. The van der Waals surface area contributed by atoms with E-state index in [1.807, 2.05) is 0 Å². The van der Waals surface area contributed by atoms with Crippen LogP contribution in [0.15, 0.2) is 29.6 Å². The summed E-state index contributed by atoms with van der Waals surface area (Å²) in [6.45, 7) is 3.12. The molecular weight excluding hydrogens is 334 g/mol. The monoisotopic (exact) mass is 349 g/mol. The highest BCUT2D eigenvalue weighted by Gasteiger charge is 2.22. The fourth-order valence-corrected chi connectivity index (χ4v) is 2.66. The van der Waals surface area contributed by atoms with E-state index in [2.05, 4.69) is 10.3 Å². The van der Waals surface area contributed by atoms with Gasteiger partial charge >= 0.3 is 5.97 Å². The van der Waals surface area contributed by atoms with Gasteiger partial charge < -0.3 is 10.4 Å². The van der Waals surface area contributed by atoms with E-state index in [0.717, 1.165) is 0 Å². The van der Waals surface area contributed by atoms with Crippen molar-refractivity contribution in [3.05, 3.63) is 45.5 Å². The SMILES string of the molecule is CC(NC(=O)c1csc(-c2ccc([N+](=O)[O-])cc2)n1)C(C)C(=O)O. The van der Waals surface area contributed by atoms with E-state index in [-0.39, 0.29) is 11.4 Å². The fraction of sp³-hybridized carbons (Fsp3) is 0.267. The highest BCUT2D eigenvalue weighted by Crippen LogP contribution is 2.25. The van der Waals surface area contributed by atoms with Crippen LogP contribution in [0, 0.1) is 16.0 Å². The third-order valence-electron chi connectivity index (χ3n) is 3.56. The topological polar surface area (TPSA) is 122 Å². The number of aromatic nitrogens is 1. The van der Waals surface area contributed by atoms with Crippen LogP contribution in [0.3, 0.4) is 0 Å². The van der Waals surface area contributed by atoms with Crippen molar-refractivity contribution in [1.82, 2.24) is 10.3 Å². The molecular formula is C15H15N3O5S. The molecule has 9 heteroatoms. The minimum absolute atomic E-state index is 0.0234. The lowest BCUT2D eigenvalue weighted by atomic mass is 10.0. The smallest absolute Gasteiger partial charge is 0.308 e. The van der Waals surface area contributed by atoms with Crippen LogP contribution in [0.25, 0.3) is 10.6 Å². The summed E-state index contributed by atoms with van der Waals surface area (Å²) in [5.74, 6) is -2.17. The Morgan fingerprint density at radius 3 is 2.46 bits per heavy atom. The van der Waals surface area contributed by atoms with Crippen molar-refractivity contribution in [2.75, 3.05) is 0 Å². The first-order valence-corrected chi connectivity index (χ1v) is 7.91. The predicted octanol–water partition coefficient (Wildman–Crippen LogP) is 2.56. The van der Waals surface area contributed by atoms with Crippen molar-refractivity contribution >= 4 is 28.9 Å². The Balaban J connectivity index is 2.11. The van der Waals surface area contributed by atoms with E-state index in [0.29, 0.717) is 10.6 Å². The van der Waals surface area contributed by atoms with Crippen LogP contribution >= 0.6 is 11.3 Å². The van der Waals surface area contributed by atoms with Crippen molar-refractivity contribution < 1.29 is 19.6 Å². The van der Waals surface area contributed by atoms with Gasteiger partial charge in [0, 0.05) is 29.1 Å². The normalized spacial score (nSPS) is 13.1. The van der Waals surface area contributed by atoms with Gasteiger partial charge in [-0.2, -0.15) is 0 Å². The van der Waals surface area contributed by atoms with Gasteiger partial charge in [0.1, 0.15) is 10.7 Å². The summed E-state index contributed by atoms with van der Waals surface area (Å²) in [5, 5.41) is 24.3. The second-order valence-electron chi connectivity index (χ2n) is 5.23. The molecule has 1 aromatic carbocycles. The summed E-state index contributed by atoms with van der Waals surface area (Å²) in [6.07, 6.45) is 0. The Morgan fingerprint density at radius 1 is 1.29 bits per heavy atom. The Morgan fingerprint density at radius 2 is 1.92 bits per heavy atom. The van der Waals surface area contributed by atoms with E-state index in [4.69, 9.17) is 5.11 Å². The zero-order chi connectivity index (χ0) is 17.9. The van der Waals surface area contributed by atoms with Crippen LogP contribution < -0.4 is 5.32 Å². The van der Waals surface area contributed by atoms with Gasteiger partial charge in [-0.15, -0.1) is 11.3 Å². The summed E-state index contributed by atoms with van der Waals surface area (Å²) in [5.41, 5.74) is 0.819. The van der Waals surface area contributed by atoms with Gasteiger partial charge in [-0.3, -0.25) is 19.7 Å². The van der Waals surface area contributed by atoms with Crippen molar-refractivity contribution in [3.63, 3.8) is 0 Å². The number of carboxylic acids is 1. The number of nitro groups is 1. The number of nitrogens with zero attached hydrogens (tertiary/aromatic N) is 2. The van der Waals surface area contributed by atoms with Gasteiger partial charge in [0.05, 0.1) is 10.8 Å². The molecule has 8 nitrogen and oxygen atoms in total. The lowest BCUT2D eigenvalue weighted by molar-refractivity contribution is -0.384. The van der Waals surface area contributed by atoms with Gasteiger partial charge in [-0.05, 0) is 26.0 Å². The van der Waals surface area contributed by atoms with Crippen LogP contribution in [0.4, 0.5) is 5.69 Å². The number of hydrogen-bond donors (Lipinski definition) is 2. The molecule has 0 spiro atoms. The summed E-state index contributed by atoms with van der Waals surface area (Å²) >= 11 is 1.23. The maximum atomic E-state index is 12.1. The van der Waals surface area contributed by atoms with E-state index < -0.39 is 28.8 Å². The highest BCUT2D eigenvalue weighted by atomic mass is 32.1. The van der Waals surface area contributed by atoms with Gasteiger partial charge in [-0.25, -0.2) is 4.98 Å². The molecule has 1 heterocycles. The number of aliphatic carboxylic acids is 1. The summed E-state index contributed by atoms with van der Waals surface area (Å²) in [6, 6.07) is 5.32. The molecule has 1 amide bonds. The van der Waals surface area contributed by atoms with Gasteiger partial charge in [0.15, 0.2) is 0 Å². The number of amides is 1. The molecule has 0 aliphatic rings. The molecule has 0 radical (unpaired) electrons. The van der Waals surface area contributed by atoms with E-state index in [9.17, 15) is 19.7 Å². The number of nitro benzene ring substituents is 1. The number of non-ortho nitro benzene ring substituents is 1. The molecule has 0 saturated carbocycles. The molecule has 0 bridgehead atoms. The standard InChI is InChI=1S/C15H15N3O5S/c1-8(15(20)21)9(2)16-13(19)12-7-24-14(17-12)10-3-5-11(6-4-10)18(22)23/h3-9H,1-2H3,(H,16,19)(H,20,21). The number of nitrogens with one attached hydrogen (secondary N) is 1. The van der Waals surface area contributed by atoms with Crippen LogP contribution in [0.5, 0.6) is 0 Å². The average molecular weight is 349 g/mol. The molecule has 24 heavy (non-hydrogen) atoms. The maximum Gasteiger partial charge on any atom is 0.308 e. The first-order chi connectivity index (χ1) is 11.3. The molecule has 0 saturated heterocycles. The quantitative estimate of drug-likeness (QED) is 0.610. The van der Waals surface area contributed by atoms with E-state index in [1.54, 1.807) is 24.4 Å². The molecule has 0 aliphatic carbocycles. The predicted molar refractivity (Wildman–Crippen MR) is 87.9 cm³/mol. The van der Waals surface area contributed by atoms with Crippen molar-refractivity contribution in [1.29, 1.82) is 0 Å². The molecule has 2 atom stereocenters. The van der Waals surface area contributed by atoms with Crippen LogP contribution in [-0.4, -0.2) is 32.9 Å². The number of rotatable bonds is 6. The number of carboxylic acid groups (broad SMARTS) is 1. The molecule has 2 aromatic rings. The van der Waals surface area contributed by atoms with Crippen LogP contribution in [0.1, 0.15) is 24.3 Å². The number of benzene rings is 1. The van der Waals surface area contributed by atoms with Crippen molar-refractivity contribution in [2.45, 2.75) is 19.9 Å². The largest absolute Gasteiger partial charge is 0.481 e. The molecule has 2 unspecified atom stereocenters. The number of thiazole rings is 1. The summed E-state index contributed by atoms with van der Waals surface area (Å²) < 4.78 is 0. The average Bonchev–Trinajstić information content (AvgIpc) is 3.04. The first-order valence-electron chi connectivity index (χ1n) is 7.03. The molecule has 0 fully saturated rings. The Labute approximate surface area is 141 Å². The lowest BCUT2D eigenvalue weighted by Gasteiger charge is -2.16. The molecule has 0 aliphatic heterocycles. The molecule has 1 aromatic heterocycles. The first kappa shape index (κ1) is 17.5. The van der Waals surface area contributed by atoms with Crippen molar-refractivity contribution in [3.8, 4) is 10.6 Å². The van der Waals surface area contributed by atoms with Crippen molar-refractivity contribution in [2.24, 2.45) is 5.92 Å². The minimum Gasteiger partial charge on any atom is -0.481 e. The van der Waals surface area contributed by atoms with Crippen LogP contribution in [0.2, 0.25) is 0 Å². The molecule has 2 N–H and O–H groups in total. The third-order valence-corrected chi connectivity index (χ3v) is 4.45. The maximum absolute atomic E-state index is 12.1. The second kappa shape index (κ2) is 7.18. The summed E-state index contributed by atoms with van der Waals surface area (Å²) in [4.78, 5) is 37.4. The molecule has 2 rings (SSSR count). The van der Waals surface area contributed by atoms with Gasteiger partial charge in [0.2, 0.25) is 0 Å². The van der Waals surface area contributed by atoms with Gasteiger partial charge in [-0.1, -0.05) is 0 Å². The zero-order valence-electron chi connectivity index (χ0n) is 12.9. The highest BCUT2D eigenvalue weighted by molar-refractivity contribution is 7.13.